The van der Waals surface area contributed by atoms with Gasteiger partial charge in [-0.15, -0.1) is 11.8 Å². The second kappa shape index (κ2) is 4.62. The molecular weight excluding hydrogens is 132 g/mol. The van der Waals surface area contributed by atoms with Gasteiger partial charge in [-0.05, 0) is 17.7 Å². The Morgan fingerprint density at radius 1 is 1.56 bits per heavy atom. The molecule has 0 rings (SSSR count). The normalized spacial score (nSPS) is 11.1. The van der Waals surface area contributed by atoms with E-state index in [1.807, 2.05) is 25.5 Å². The molecule has 0 spiro atoms. The van der Waals surface area contributed by atoms with Crippen molar-refractivity contribution < 1.29 is 4.79 Å². The van der Waals surface area contributed by atoms with Crippen molar-refractivity contribution in [3.63, 3.8) is 0 Å². The van der Waals surface area contributed by atoms with Crippen molar-refractivity contribution in [2.45, 2.75) is 13.8 Å². The van der Waals surface area contributed by atoms with E-state index in [4.69, 9.17) is 0 Å². The largest absolute Gasteiger partial charge is 0.295 e. The van der Waals surface area contributed by atoms with E-state index >= 15 is 0 Å². The summed E-state index contributed by atoms with van der Waals surface area (Å²) in [7, 11) is 0. The van der Waals surface area contributed by atoms with Crippen LogP contribution >= 0.6 is 11.8 Å². The third kappa shape index (κ3) is 4.28. The first kappa shape index (κ1) is 8.76. The Hall–Kier alpha value is -0.240. The minimum absolute atomic E-state index is 0.133. The van der Waals surface area contributed by atoms with Crippen molar-refractivity contribution >= 4 is 17.5 Å². The third-order valence-electron chi connectivity index (χ3n) is 0.937. The van der Waals surface area contributed by atoms with Gasteiger partial charge in [0, 0.05) is 5.92 Å². The van der Waals surface area contributed by atoms with Gasteiger partial charge in [0.15, 0.2) is 5.78 Å². The van der Waals surface area contributed by atoms with Crippen LogP contribution in [0, 0.1) is 5.92 Å². The van der Waals surface area contributed by atoms with Crippen molar-refractivity contribution in [3.8, 4) is 0 Å². The number of allylic oxidation sites excluding steroid dienone is 1. The second-order valence-corrected chi connectivity index (χ2v) is 2.84. The van der Waals surface area contributed by atoms with Crippen LogP contribution in [0.15, 0.2) is 11.5 Å². The van der Waals surface area contributed by atoms with E-state index in [1.54, 1.807) is 17.8 Å². The number of hydrogen-bond acceptors (Lipinski definition) is 2. The zero-order valence-electron chi connectivity index (χ0n) is 6.05. The van der Waals surface area contributed by atoms with Crippen LogP contribution in [0.1, 0.15) is 13.8 Å². The van der Waals surface area contributed by atoms with Gasteiger partial charge in [-0.1, -0.05) is 13.8 Å². The molecule has 0 aromatic heterocycles. The number of thioether (sulfide) groups is 1. The Kier molecular flexibility index (Phi) is 4.50. The fraction of sp³-hybridized carbons (Fsp3) is 0.571. The monoisotopic (exact) mass is 144 g/mol. The Morgan fingerprint density at radius 2 is 2.11 bits per heavy atom. The van der Waals surface area contributed by atoms with Crippen LogP contribution in [0.25, 0.3) is 0 Å². The lowest BCUT2D eigenvalue weighted by molar-refractivity contribution is -0.117. The van der Waals surface area contributed by atoms with Crippen LogP contribution in [-0.4, -0.2) is 12.0 Å². The average molecular weight is 144 g/mol. The second-order valence-electron chi connectivity index (χ2n) is 2.10. The SMILES string of the molecule is CS/C=C/C(=O)C(C)C. The molecule has 52 valence electrons. The topological polar surface area (TPSA) is 17.1 Å². The zero-order valence-corrected chi connectivity index (χ0v) is 6.87. The molecule has 0 amide bonds. The molecule has 0 saturated carbocycles. The average Bonchev–Trinajstić information content (AvgIpc) is 1.82. The molecule has 0 aromatic rings. The summed E-state index contributed by atoms with van der Waals surface area (Å²) in [5.41, 5.74) is 0. The summed E-state index contributed by atoms with van der Waals surface area (Å²) in [5.74, 6) is 0.331. The van der Waals surface area contributed by atoms with E-state index in [9.17, 15) is 4.79 Å². The first-order valence-corrected chi connectivity index (χ1v) is 4.20. The van der Waals surface area contributed by atoms with Gasteiger partial charge in [-0.25, -0.2) is 0 Å². The molecule has 0 heterocycles. The molecule has 1 nitrogen and oxygen atoms in total. The molecule has 0 aliphatic carbocycles. The van der Waals surface area contributed by atoms with Crippen molar-refractivity contribution in [2.24, 2.45) is 5.92 Å². The van der Waals surface area contributed by atoms with E-state index in [0.717, 1.165) is 0 Å². The molecular formula is C7H12OS. The molecule has 0 atom stereocenters. The molecule has 0 unspecified atom stereocenters. The van der Waals surface area contributed by atoms with E-state index in [2.05, 4.69) is 0 Å². The summed E-state index contributed by atoms with van der Waals surface area (Å²) in [6, 6.07) is 0. The highest BCUT2D eigenvalue weighted by Crippen LogP contribution is 1.99. The summed E-state index contributed by atoms with van der Waals surface area (Å²) in [4.78, 5) is 10.8. The number of hydrogen-bond donors (Lipinski definition) is 0. The van der Waals surface area contributed by atoms with Gasteiger partial charge >= 0.3 is 0 Å². The van der Waals surface area contributed by atoms with Crippen molar-refractivity contribution in [1.29, 1.82) is 0 Å². The fourth-order valence-electron chi connectivity index (χ4n) is 0.328. The van der Waals surface area contributed by atoms with Gasteiger partial charge < -0.3 is 0 Å². The molecule has 0 aliphatic rings. The summed E-state index contributed by atoms with van der Waals surface area (Å²) in [6.45, 7) is 3.79. The molecule has 0 radical (unpaired) electrons. The molecule has 0 bridgehead atoms. The number of rotatable bonds is 3. The Balaban J connectivity index is 3.63. The number of carbonyl (C=O) groups excluding carboxylic acids is 1. The molecule has 0 N–H and O–H groups in total. The van der Waals surface area contributed by atoms with Gasteiger partial charge in [0.05, 0.1) is 0 Å². The first-order valence-electron chi connectivity index (χ1n) is 2.91. The smallest absolute Gasteiger partial charge is 0.158 e. The summed E-state index contributed by atoms with van der Waals surface area (Å²) >= 11 is 1.55. The lowest BCUT2D eigenvalue weighted by Crippen LogP contribution is -2.01. The van der Waals surface area contributed by atoms with Crippen LogP contribution in [0.2, 0.25) is 0 Å². The summed E-state index contributed by atoms with van der Waals surface area (Å²) < 4.78 is 0. The molecule has 9 heavy (non-hydrogen) atoms. The molecule has 0 aromatic carbocycles. The third-order valence-corrected chi connectivity index (χ3v) is 1.35. The van der Waals surface area contributed by atoms with Gasteiger partial charge in [-0.2, -0.15) is 0 Å². The summed E-state index contributed by atoms with van der Waals surface area (Å²) in [5, 5.41) is 1.81. The maximum atomic E-state index is 10.8. The lowest BCUT2D eigenvalue weighted by atomic mass is 10.1. The van der Waals surface area contributed by atoms with E-state index in [1.165, 1.54) is 0 Å². The Labute approximate surface area is 60.5 Å². The van der Waals surface area contributed by atoms with Crippen molar-refractivity contribution in [1.82, 2.24) is 0 Å². The van der Waals surface area contributed by atoms with Gasteiger partial charge in [0.1, 0.15) is 0 Å². The number of carbonyl (C=O) groups is 1. The van der Waals surface area contributed by atoms with Crippen LogP contribution in [0.4, 0.5) is 0 Å². The Bertz CT molecular complexity index is 116. The van der Waals surface area contributed by atoms with Crippen molar-refractivity contribution in [3.05, 3.63) is 11.5 Å². The zero-order chi connectivity index (χ0) is 7.28. The van der Waals surface area contributed by atoms with Crippen LogP contribution in [0.5, 0.6) is 0 Å². The van der Waals surface area contributed by atoms with Crippen molar-refractivity contribution in [2.75, 3.05) is 6.26 Å². The van der Waals surface area contributed by atoms with E-state index in [-0.39, 0.29) is 11.7 Å². The Morgan fingerprint density at radius 3 is 2.44 bits per heavy atom. The van der Waals surface area contributed by atoms with E-state index < -0.39 is 0 Å². The van der Waals surface area contributed by atoms with Gasteiger partial charge in [0.2, 0.25) is 0 Å². The van der Waals surface area contributed by atoms with Crippen LogP contribution in [0.3, 0.4) is 0 Å². The maximum absolute atomic E-state index is 10.8. The van der Waals surface area contributed by atoms with Gasteiger partial charge in [-0.3, -0.25) is 4.79 Å². The standard InChI is InChI=1S/C7H12OS/c1-6(2)7(8)4-5-9-3/h4-6H,1-3H3/b5-4+. The lowest BCUT2D eigenvalue weighted by Gasteiger charge is -1.94. The number of ketones is 1. The highest BCUT2D eigenvalue weighted by Gasteiger charge is 1.99. The molecule has 0 fully saturated rings. The first-order chi connectivity index (χ1) is 4.18. The maximum Gasteiger partial charge on any atom is 0.158 e. The van der Waals surface area contributed by atoms with Crippen LogP contribution in [-0.2, 0) is 4.79 Å². The highest BCUT2D eigenvalue weighted by molar-refractivity contribution is 8.01. The fourth-order valence-corrected chi connectivity index (χ4v) is 0.598. The predicted molar refractivity (Wildman–Crippen MR) is 42.5 cm³/mol. The van der Waals surface area contributed by atoms with Gasteiger partial charge in [0.25, 0.3) is 0 Å². The molecule has 0 saturated heterocycles. The molecule has 0 aliphatic heterocycles. The quantitative estimate of drug-likeness (QED) is 0.564. The van der Waals surface area contributed by atoms with E-state index in [0.29, 0.717) is 0 Å². The minimum Gasteiger partial charge on any atom is -0.295 e. The molecule has 2 heteroatoms. The minimum atomic E-state index is 0.133. The highest BCUT2D eigenvalue weighted by atomic mass is 32.2. The van der Waals surface area contributed by atoms with Crippen LogP contribution < -0.4 is 0 Å². The predicted octanol–water partition coefficient (Wildman–Crippen LogP) is 2.09. The summed E-state index contributed by atoms with van der Waals surface area (Å²) in [6.07, 6.45) is 3.56.